The lowest BCUT2D eigenvalue weighted by Gasteiger charge is -2.15. The molecule has 0 fully saturated rings. The fourth-order valence-electron chi connectivity index (χ4n) is 3.14. The van der Waals surface area contributed by atoms with E-state index < -0.39 is 11.6 Å². The van der Waals surface area contributed by atoms with E-state index in [4.69, 9.17) is 0 Å². The molecule has 0 aliphatic heterocycles. The average molecular weight is 352 g/mol. The molecule has 1 heterocycles. The van der Waals surface area contributed by atoms with Crippen molar-refractivity contribution in [2.45, 2.75) is 33.2 Å². The van der Waals surface area contributed by atoms with Crippen molar-refractivity contribution >= 4 is 0 Å². The molecule has 0 amide bonds. The topological polar surface area (TPSA) is 55.1 Å². The average Bonchev–Trinajstić information content (AvgIpc) is 2.64. The van der Waals surface area contributed by atoms with E-state index in [1.54, 1.807) is 17.6 Å². The van der Waals surface area contributed by atoms with Crippen molar-refractivity contribution in [3.8, 4) is 17.0 Å². The van der Waals surface area contributed by atoms with Crippen LogP contribution in [0, 0.1) is 12.7 Å². The molecule has 5 heteroatoms. The highest BCUT2D eigenvalue weighted by Gasteiger charge is 2.19. The molecule has 1 aromatic heterocycles. The Balaban J connectivity index is 2.14. The Morgan fingerprint density at radius 1 is 1.08 bits per heavy atom. The Labute approximate surface area is 151 Å². The lowest BCUT2D eigenvalue weighted by atomic mass is 9.99. The highest BCUT2D eigenvalue weighted by atomic mass is 19.1. The van der Waals surface area contributed by atoms with Crippen LogP contribution >= 0.6 is 0 Å². The maximum Gasteiger partial charge on any atom is 0.257 e. The first-order valence-electron chi connectivity index (χ1n) is 8.65. The van der Waals surface area contributed by atoms with Crippen LogP contribution in [0.25, 0.3) is 11.3 Å². The van der Waals surface area contributed by atoms with Crippen molar-refractivity contribution in [2.24, 2.45) is 0 Å². The Kier molecular flexibility index (Phi) is 5.16. The Hall–Kier alpha value is -2.95. The molecule has 2 aromatic carbocycles. The number of rotatable bonds is 5. The SMILES string of the molecule is CCn1c(C)nc(-c2cccc(F)c2O)c(CCc2ccccc2)c1=O. The van der Waals surface area contributed by atoms with E-state index in [-0.39, 0.29) is 11.1 Å². The third kappa shape index (κ3) is 3.38. The minimum absolute atomic E-state index is 0.144. The summed E-state index contributed by atoms with van der Waals surface area (Å²) in [6, 6.07) is 14.1. The maximum absolute atomic E-state index is 13.8. The van der Waals surface area contributed by atoms with E-state index in [9.17, 15) is 14.3 Å². The molecule has 0 spiro atoms. The van der Waals surface area contributed by atoms with Crippen LogP contribution in [0.3, 0.4) is 0 Å². The van der Waals surface area contributed by atoms with Crippen LogP contribution in [0.5, 0.6) is 5.75 Å². The number of hydrogen-bond acceptors (Lipinski definition) is 3. The van der Waals surface area contributed by atoms with Crippen molar-refractivity contribution in [2.75, 3.05) is 0 Å². The van der Waals surface area contributed by atoms with Crippen LogP contribution in [-0.4, -0.2) is 14.7 Å². The molecular weight excluding hydrogens is 331 g/mol. The number of aromatic nitrogens is 2. The summed E-state index contributed by atoms with van der Waals surface area (Å²) in [7, 11) is 0. The highest BCUT2D eigenvalue weighted by Crippen LogP contribution is 2.31. The fourth-order valence-corrected chi connectivity index (χ4v) is 3.14. The predicted molar refractivity (Wildman–Crippen MR) is 99.8 cm³/mol. The van der Waals surface area contributed by atoms with Crippen LogP contribution in [-0.2, 0) is 19.4 Å². The molecule has 0 saturated heterocycles. The zero-order chi connectivity index (χ0) is 18.7. The third-order valence-corrected chi connectivity index (χ3v) is 4.52. The standard InChI is InChI=1S/C21H21FN2O2/c1-3-24-14(2)23-19(16-10-7-11-18(22)20(16)25)17(21(24)26)13-12-15-8-5-4-6-9-15/h4-11,25H,3,12-13H2,1-2H3. The molecule has 3 rings (SSSR count). The van der Waals surface area contributed by atoms with Gasteiger partial charge in [0.15, 0.2) is 11.6 Å². The second kappa shape index (κ2) is 7.52. The maximum atomic E-state index is 13.8. The number of halogens is 1. The summed E-state index contributed by atoms with van der Waals surface area (Å²) in [6.45, 7) is 4.13. The minimum Gasteiger partial charge on any atom is -0.504 e. The molecule has 3 aromatic rings. The summed E-state index contributed by atoms with van der Waals surface area (Å²) in [6.07, 6.45) is 1.12. The monoisotopic (exact) mass is 352 g/mol. The molecule has 26 heavy (non-hydrogen) atoms. The summed E-state index contributed by atoms with van der Waals surface area (Å²) in [5, 5.41) is 10.1. The van der Waals surface area contributed by atoms with Gasteiger partial charge in [0.05, 0.1) is 5.69 Å². The normalized spacial score (nSPS) is 10.9. The van der Waals surface area contributed by atoms with Crippen molar-refractivity contribution in [1.82, 2.24) is 9.55 Å². The van der Waals surface area contributed by atoms with Crippen molar-refractivity contribution in [3.05, 3.63) is 81.7 Å². The van der Waals surface area contributed by atoms with Gasteiger partial charge in [-0.3, -0.25) is 9.36 Å². The van der Waals surface area contributed by atoms with Gasteiger partial charge in [-0.15, -0.1) is 0 Å². The summed E-state index contributed by atoms with van der Waals surface area (Å²) >= 11 is 0. The van der Waals surface area contributed by atoms with Crippen molar-refractivity contribution < 1.29 is 9.50 Å². The van der Waals surface area contributed by atoms with E-state index in [2.05, 4.69) is 4.98 Å². The molecule has 0 aliphatic rings. The number of nitrogens with zero attached hydrogens (tertiary/aromatic N) is 2. The van der Waals surface area contributed by atoms with Crippen LogP contribution in [0.2, 0.25) is 0 Å². The van der Waals surface area contributed by atoms with Gasteiger partial charge >= 0.3 is 0 Å². The first kappa shape index (κ1) is 17.9. The van der Waals surface area contributed by atoms with Gasteiger partial charge in [-0.05, 0) is 44.4 Å². The number of benzene rings is 2. The van der Waals surface area contributed by atoms with Crippen LogP contribution in [0.1, 0.15) is 23.9 Å². The third-order valence-electron chi connectivity index (χ3n) is 4.52. The van der Waals surface area contributed by atoms with Crippen LogP contribution in [0.15, 0.2) is 53.3 Å². The molecule has 0 bridgehead atoms. The number of phenols is 1. The predicted octanol–water partition coefficient (Wildman–Crippen LogP) is 3.87. The molecule has 0 radical (unpaired) electrons. The van der Waals surface area contributed by atoms with E-state index in [1.165, 1.54) is 12.1 Å². The van der Waals surface area contributed by atoms with Crippen molar-refractivity contribution in [1.29, 1.82) is 0 Å². The zero-order valence-corrected chi connectivity index (χ0v) is 14.9. The summed E-state index contributed by atoms with van der Waals surface area (Å²) < 4.78 is 15.4. The zero-order valence-electron chi connectivity index (χ0n) is 14.9. The number of phenolic OH excluding ortho intramolecular Hbond substituents is 1. The van der Waals surface area contributed by atoms with Crippen LogP contribution < -0.4 is 5.56 Å². The summed E-state index contributed by atoms with van der Waals surface area (Å²) in [5.41, 5.74) is 2.04. The Bertz CT molecular complexity index is 981. The van der Waals surface area contributed by atoms with Gasteiger partial charge < -0.3 is 5.11 Å². The van der Waals surface area contributed by atoms with E-state index in [0.717, 1.165) is 5.56 Å². The van der Waals surface area contributed by atoms with Crippen molar-refractivity contribution in [3.63, 3.8) is 0 Å². The summed E-state index contributed by atoms with van der Waals surface area (Å²) in [4.78, 5) is 17.5. The smallest absolute Gasteiger partial charge is 0.257 e. The molecule has 0 unspecified atom stereocenters. The lowest BCUT2D eigenvalue weighted by Crippen LogP contribution is -2.28. The number of aromatic hydroxyl groups is 1. The van der Waals surface area contributed by atoms with Gasteiger partial charge in [-0.2, -0.15) is 0 Å². The minimum atomic E-state index is -0.726. The molecule has 0 aliphatic carbocycles. The number of aryl methyl sites for hydroxylation is 2. The van der Waals surface area contributed by atoms with E-state index >= 15 is 0 Å². The van der Waals surface area contributed by atoms with Gasteiger partial charge in [0.2, 0.25) is 0 Å². The van der Waals surface area contributed by atoms with E-state index in [0.29, 0.717) is 36.5 Å². The van der Waals surface area contributed by atoms with Gasteiger partial charge in [0.1, 0.15) is 5.82 Å². The van der Waals surface area contributed by atoms with Gasteiger partial charge in [0, 0.05) is 17.7 Å². The van der Waals surface area contributed by atoms with Gasteiger partial charge in [0.25, 0.3) is 5.56 Å². The second-order valence-electron chi connectivity index (χ2n) is 6.16. The first-order valence-corrected chi connectivity index (χ1v) is 8.65. The molecule has 0 atom stereocenters. The summed E-state index contributed by atoms with van der Waals surface area (Å²) in [5.74, 6) is -0.663. The van der Waals surface area contributed by atoms with Gasteiger partial charge in [-0.1, -0.05) is 36.4 Å². The number of hydrogen-bond donors (Lipinski definition) is 1. The quantitative estimate of drug-likeness (QED) is 0.758. The molecular formula is C21H21FN2O2. The molecule has 1 N–H and O–H groups in total. The first-order chi connectivity index (χ1) is 12.5. The second-order valence-corrected chi connectivity index (χ2v) is 6.16. The Morgan fingerprint density at radius 3 is 2.50 bits per heavy atom. The lowest BCUT2D eigenvalue weighted by molar-refractivity contribution is 0.434. The molecule has 0 saturated carbocycles. The Morgan fingerprint density at radius 2 is 1.81 bits per heavy atom. The van der Waals surface area contributed by atoms with Crippen LogP contribution in [0.4, 0.5) is 4.39 Å². The molecule has 4 nitrogen and oxygen atoms in total. The molecule has 134 valence electrons. The van der Waals surface area contributed by atoms with E-state index in [1.807, 2.05) is 37.3 Å². The largest absolute Gasteiger partial charge is 0.504 e. The number of para-hydroxylation sites is 1. The fraction of sp³-hybridized carbons (Fsp3) is 0.238. The van der Waals surface area contributed by atoms with Gasteiger partial charge in [-0.25, -0.2) is 9.37 Å². The highest BCUT2D eigenvalue weighted by molar-refractivity contribution is 5.69.